The molecular weight excluding hydrogens is 438 g/mol. The van der Waals surface area contributed by atoms with Gasteiger partial charge in [0, 0.05) is 38.3 Å². The van der Waals surface area contributed by atoms with Crippen molar-refractivity contribution < 1.29 is 14.7 Å². The Bertz CT molecular complexity index is 823. The van der Waals surface area contributed by atoms with Crippen LogP contribution in [0.4, 0.5) is 10.5 Å². The Morgan fingerprint density at radius 3 is 2.48 bits per heavy atom. The van der Waals surface area contributed by atoms with E-state index in [1.807, 2.05) is 4.90 Å². The number of nitrogens with zero attached hydrogens (tertiary/aromatic N) is 2. The lowest BCUT2D eigenvalue weighted by atomic mass is 9.76. The van der Waals surface area contributed by atoms with Gasteiger partial charge in [-0.05, 0) is 73.1 Å². The summed E-state index contributed by atoms with van der Waals surface area (Å²) < 4.78 is 0. The van der Waals surface area contributed by atoms with E-state index >= 15 is 0 Å². The van der Waals surface area contributed by atoms with Crippen LogP contribution in [0.15, 0.2) is 18.2 Å². The van der Waals surface area contributed by atoms with E-state index in [9.17, 15) is 9.59 Å². The number of aliphatic carboxylic acids is 1. The first-order valence-electron chi connectivity index (χ1n) is 12.5. The van der Waals surface area contributed by atoms with Gasteiger partial charge in [-0.1, -0.05) is 32.8 Å². The van der Waals surface area contributed by atoms with Crippen molar-refractivity contribution in [3.05, 3.63) is 29.3 Å². The molecule has 1 aromatic carbocycles. The lowest BCUT2D eigenvalue weighted by molar-refractivity contribution is -0.137. The molecule has 1 saturated carbocycles. The van der Waals surface area contributed by atoms with E-state index in [4.69, 9.17) is 5.11 Å². The molecule has 184 valence electrons. The first-order valence-corrected chi connectivity index (χ1v) is 12.5. The van der Waals surface area contributed by atoms with Gasteiger partial charge in [0.2, 0.25) is 0 Å². The summed E-state index contributed by atoms with van der Waals surface area (Å²) in [6.45, 7) is 8.62. The van der Waals surface area contributed by atoms with Gasteiger partial charge in [-0.2, -0.15) is 0 Å². The molecule has 2 amide bonds. The molecule has 1 saturated heterocycles. The molecule has 3 aliphatic rings. The molecule has 2 aliphatic heterocycles. The van der Waals surface area contributed by atoms with Gasteiger partial charge in [-0.15, -0.1) is 12.4 Å². The number of amides is 2. The maximum Gasteiger partial charge on any atom is 0.322 e. The van der Waals surface area contributed by atoms with Crippen molar-refractivity contribution in [2.45, 2.75) is 71.3 Å². The summed E-state index contributed by atoms with van der Waals surface area (Å²) in [5.41, 5.74) is 3.86. The molecule has 0 radical (unpaired) electrons. The number of nitrogens with one attached hydrogen (secondary N) is 1. The van der Waals surface area contributed by atoms with Gasteiger partial charge in [0.15, 0.2) is 0 Å². The highest BCUT2D eigenvalue weighted by atomic mass is 35.5. The molecule has 1 atom stereocenters. The van der Waals surface area contributed by atoms with E-state index in [0.717, 1.165) is 70.3 Å². The Balaban J connectivity index is 0.00000306. The zero-order valence-corrected chi connectivity index (χ0v) is 20.9. The number of fused-ring (bicyclic) bond motifs is 1. The predicted octanol–water partition coefficient (Wildman–Crippen LogP) is 4.73. The van der Waals surface area contributed by atoms with Crippen molar-refractivity contribution >= 4 is 30.1 Å². The van der Waals surface area contributed by atoms with Crippen LogP contribution in [0.1, 0.15) is 63.5 Å². The summed E-state index contributed by atoms with van der Waals surface area (Å²) in [7, 11) is 0. The molecule has 2 fully saturated rings. The fraction of sp³-hybridized carbons (Fsp3) is 0.692. The zero-order valence-electron chi connectivity index (χ0n) is 20.1. The number of anilines is 1. The fourth-order valence-electron chi connectivity index (χ4n) is 6.00. The number of hydrogen-bond acceptors (Lipinski definition) is 3. The van der Waals surface area contributed by atoms with Crippen LogP contribution in [0.25, 0.3) is 0 Å². The maximum atomic E-state index is 12.8. The Morgan fingerprint density at radius 2 is 1.82 bits per heavy atom. The minimum atomic E-state index is -0.695. The van der Waals surface area contributed by atoms with Crippen molar-refractivity contribution in [1.29, 1.82) is 0 Å². The number of halogens is 1. The van der Waals surface area contributed by atoms with Crippen LogP contribution >= 0.6 is 12.4 Å². The van der Waals surface area contributed by atoms with Gasteiger partial charge in [0.1, 0.15) is 0 Å². The average Bonchev–Trinajstić information content (AvgIpc) is 3.04. The molecule has 1 aliphatic carbocycles. The second-order valence-corrected chi connectivity index (χ2v) is 10.5. The molecule has 2 N–H and O–H groups in total. The second kappa shape index (κ2) is 11.6. The summed E-state index contributed by atoms with van der Waals surface area (Å²) >= 11 is 0. The normalized spacial score (nSPS) is 25.8. The first-order chi connectivity index (χ1) is 15.4. The zero-order chi connectivity index (χ0) is 22.7. The lowest BCUT2D eigenvalue weighted by Gasteiger charge is -2.35. The standard InChI is InChI=1S/C26H39N3O3.ClH/c1-18(2)17-28-13-11-20-8-9-23(15-22(20)12-14-28)29-24(16-27-26(29)32)21-6-3-19(4-7-21)5-10-25(30)31;/h8-9,15,18-19,21,24H,3-7,10-14,16-17H2,1-2H3,(H,27,32)(H,30,31);1H/t19-,21-,24?;. The Hall–Kier alpha value is -1.79. The topological polar surface area (TPSA) is 72.9 Å². The second-order valence-electron chi connectivity index (χ2n) is 10.5. The number of hydrogen-bond donors (Lipinski definition) is 2. The highest BCUT2D eigenvalue weighted by Crippen LogP contribution is 2.37. The van der Waals surface area contributed by atoms with E-state index in [0.29, 0.717) is 24.3 Å². The van der Waals surface area contributed by atoms with Crippen LogP contribution in [0.3, 0.4) is 0 Å². The van der Waals surface area contributed by atoms with Gasteiger partial charge < -0.3 is 15.3 Å². The third-order valence-corrected chi connectivity index (χ3v) is 7.70. The van der Waals surface area contributed by atoms with Crippen molar-refractivity contribution in [2.75, 3.05) is 31.1 Å². The van der Waals surface area contributed by atoms with E-state index in [-0.39, 0.29) is 30.9 Å². The van der Waals surface area contributed by atoms with Crippen LogP contribution in [-0.2, 0) is 17.6 Å². The molecule has 6 nitrogen and oxygen atoms in total. The van der Waals surface area contributed by atoms with Crippen LogP contribution in [0.5, 0.6) is 0 Å². The maximum absolute atomic E-state index is 12.8. The van der Waals surface area contributed by atoms with E-state index < -0.39 is 5.97 Å². The Kier molecular flexibility index (Phi) is 9.05. The SMILES string of the molecule is CC(C)CN1CCc2ccc(N3C(=O)NCC3[C@H]3CC[C@H](CCC(=O)O)CC3)cc2CC1.Cl. The smallest absolute Gasteiger partial charge is 0.322 e. The third-order valence-electron chi connectivity index (χ3n) is 7.70. The summed E-state index contributed by atoms with van der Waals surface area (Å²) in [4.78, 5) is 28.3. The first kappa shape index (κ1) is 25.8. The number of carbonyl (C=O) groups excluding carboxylic acids is 1. The van der Waals surface area contributed by atoms with E-state index in [1.54, 1.807) is 0 Å². The average molecular weight is 478 g/mol. The minimum Gasteiger partial charge on any atom is -0.481 e. The van der Waals surface area contributed by atoms with Gasteiger partial charge in [0.25, 0.3) is 0 Å². The highest BCUT2D eigenvalue weighted by molar-refractivity contribution is 5.95. The summed E-state index contributed by atoms with van der Waals surface area (Å²) in [6, 6.07) is 6.88. The van der Waals surface area contributed by atoms with Crippen LogP contribution in [0, 0.1) is 17.8 Å². The Labute approximate surface area is 204 Å². The molecule has 1 aromatic rings. The molecule has 0 spiro atoms. The Morgan fingerprint density at radius 1 is 1.12 bits per heavy atom. The van der Waals surface area contributed by atoms with Gasteiger partial charge in [0.05, 0.1) is 6.04 Å². The number of carboxylic acid groups (broad SMARTS) is 1. The summed E-state index contributed by atoms with van der Waals surface area (Å²) in [5.74, 6) is 0.983. The van der Waals surface area contributed by atoms with E-state index in [2.05, 4.69) is 42.3 Å². The lowest BCUT2D eigenvalue weighted by Crippen LogP contribution is -2.40. The quantitative estimate of drug-likeness (QED) is 0.595. The molecular formula is C26H40ClN3O3. The van der Waals surface area contributed by atoms with Crippen LogP contribution in [-0.4, -0.2) is 54.2 Å². The molecule has 33 heavy (non-hydrogen) atoms. The molecule has 0 bridgehead atoms. The molecule has 2 heterocycles. The van der Waals surface area contributed by atoms with Crippen molar-refractivity contribution in [2.24, 2.45) is 17.8 Å². The van der Waals surface area contributed by atoms with Crippen LogP contribution in [0.2, 0.25) is 0 Å². The van der Waals surface area contributed by atoms with Gasteiger partial charge in [-0.3, -0.25) is 9.69 Å². The van der Waals surface area contributed by atoms with Crippen molar-refractivity contribution in [3.8, 4) is 0 Å². The number of benzene rings is 1. The van der Waals surface area contributed by atoms with Crippen molar-refractivity contribution in [1.82, 2.24) is 10.2 Å². The fourth-order valence-corrected chi connectivity index (χ4v) is 6.00. The number of urea groups is 1. The van der Waals surface area contributed by atoms with E-state index in [1.165, 1.54) is 11.1 Å². The molecule has 4 rings (SSSR count). The molecule has 1 unspecified atom stereocenters. The highest BCUT2D eigenvalue weighted by Gasteiger charge is 2.39. The molecule has 0 aromatic heterocycles. The van der Waals surface area contributed by atoms with Gasteiger partial charge >= 0.3 is 12.0 Å². The van der Waals surface area contributed by atoms with Gasteiger partial charge in [-0.25, -0.2) is 4.79 Å². The minimum absolute atomic E-state index is 0. The number of rotatable bonds is 7. The molecule has 7 heteroatoms. The predicted molar refractivity (Wildman–Crippen MR) is 134 cm³/mol. The number of carbonyl (C=O) groups is 2. The third kappa shape index (κ3) is 6.42. The van der Waals surface area contributed by atoms with Crippen LogP contribution < -0.4 is 10.2 Å². The monoisotopic (exact) mass is 477 g/mol. The largest absolute Gasteiger partial charge is 0.481 e. The summed E-state index contributed by atoms with van der Waals surface area (Å²) in [5, 5.41) is 12.0. The van der Waals surface area contributed by atoms with Crippen molar-refractivity contribution in [3.63, 3.8) is 0 Å². The summed E-state index contributed by atoms with van der Waals surface area (Å²) in [6.07, 6.45) is 7.49. The number of carboxylic acids is 1.